The molecule has 2 N–H and O–H groups in total. The summed E-state index contributed by atoms with van der Waals surface area (Å²) in [5.74, 6) is -0.722. The molecule has 1 amide bonds. The smallest absolute Gasteiger partial charge is 0.420 e. The first-order valence-corrected chi connectivity index (χ1v) is 8.48. The van der Waals surface area contributed by atoms with Gasteiger partial charge < -0.3 is 19.8 Å². The van der Waals surface area contributed by atoms with Gasteiger partial charge in [-0.1, -0.05) is 12.1 Å². The van der Waals surface area contributed by atoms with Gasteiger partial charge in [-0.05, 0) is 51.0 Å². The zero-order valence-electron chi connectivity index (χ0n) is 15.6. The normalized spacial score (nSPS) is 11.8. The fourth-order valence-corrected chi connectivity index (χ4v) is 2.25. The Hall–Kier alpha value is -2.97. The Balaban J connectivity index is 1.99. The van der Waals surface area contributed by atoms with Crippen molar-refractivity contribution in [2.75, 3.05) is 6.54 Å². The topological polar surface area (TPSA) is 80.4 Å². The van der Waals surface area contributed by atoms with Crippen molar-refractivity contribution in [1.29, 1.82) is 0 Å². The highest BCUT2D eigenvalue weighted by Gasteiger charge is 2.35. The van der Waals surface area contributed by atoms with Crippen LogP contribution in [0.1, 0.15) is 31.9 Å². The first kappa shape index (κ1) is 21.3. The lowest BCUT2D eigenvalue weighted by Gasteiger charge is -2.19. The molecule has 0 saturated carbocycles. The maximum absolute atomic E-state index is 13.0. The molecule has 0 fully saturated rings. The number of benzene rings is 1. The minimum atomic E-state index is -4.71. The minimum absolute atomic E-state index is 0.0889. The predicted octanol–water partition coefficient (Wildman–Crippen LogP) is 4.25. The van der Waals surface area contributed by atoms with Crippen molar-refractivity contribution >= 4 is 6.09 Å². The van der Waals surface area contributed by atoms with E-state index in [-0.39, 0.29) is 5.75 Å². The van der Waals surface area contributed by atoms with Crippen molar-refractivity contribution in [3.63, 3.8) is 0 Å². The largest absolute Gasteiger partial charge is 0.451 e. The number of alkyl carbamates (subject to hydrolysis) is 1. The molecule has 0 atom stereocenters. The van der Waals surface area contributed by atoms with Gasteiger partial charge in [0.05, 0.1) is 0 Å². The molecule has 0 spiro atoms. The number of hydrogen-bond acceptors (Lipinski definition) is 4. The third-order valence-electron chi connectivity index (χ3n) is 3.45. The minimum Gasteiger partial charge on any atom is -0.451 e. The van der Waals surface area contributed by atoms with Crippen LogP contribution in [-0.2, 0) is 17.3 Å². The van der Waals surface area contributed by atoms with E-state index in [1.807, 2.05) is 0 Å². The van der Waals surface area contributed by atoms with Crippen LogP contribution in [-0.4, -0.2) is 23.2 Å². The number of H-pyrrole nitrogens is 1. The molecule has 9 heteroatoms. The molecular weight excluding hydrogens is 377 g/mol. The third kappa shape index (κ3) is 6.33. The average molecular weight is 398 g/mol. The first-order chi connectivity index (χ1) is 13.0. The van der Waals surface area contributed by atoms with Gasteiger partial charge in [0.25, 0.3) is 5.56 Å². The quantitative estimate of drug-likeness (QED) is 0.789. The molecule has 1 heterocycles. The van der Waals surface area contributed by atoms with Gasteiger partial charge in [-0.2, -0.15) is 13.2 Å². The highest BCUT2D eigenvalue weighted by Crippen LogP contribution is 2.35. The van der Waals surface area contributed by atoms with Crippen molar-refractivity contribution in [2.45, 2.75) is 39.0 Å². The van der Waals surface area contributed by atoms with Crippen LogP contribution in [0.25, 0.3) is 0 Å². The Morgan fingerprint density at radius 3 is 2.32 bits per heavy atom. The van der Waals surface area contributed by atoms with Crippen molar-refractivity contribution < 1.29 is 27.4 Å². The Labute approximate surface area is 159 Å². The van der Waals surface area contributed by atoms with Crippen molar-refractivity contribution in [3.8, 4) is 11.5 Å². The summed E-state index contributed by atoms with van der Waals surface area (Å²) in [7, 11) is 0. The molecule has 2 rings (SSSR count). The van der Waals surface area contributed by atoms with E-state index in [2.05, 4.69) is 10.3 Å². The number of aromatic nitrogens is 1. The number of halogens is 3. The van der Waals surface area contributed by atoms with Gasteiger partial charge in [0.15, 0.2) is 0 Å². The van der Waals surface area contributed by atoms with Crippen molar-refractivity contribution in [3.05, 3.63) is 58.0 Å². The summed E-state index contributed by atoms with van der Waals surface area (Å²) < 4.78 is 49.4. The van der Waals surface area contributed by atoms with Crippen LogP contribution in [0.15, 0.2) is 41.3 Å². The SMILES string of the molecule is CC(C)(C)OC(=O)NCCc1ccc(Oc2c(C(F)(F)F)cc[nH]c2=O)cc1. The zero-order valence-corrected chi connectivity index (χ0v) is 15.6. The number of nitrogens with one attached hydrogen (secondary N) is 2. The highest BCUT2D eigenvalue weighted by molar-refractivity contribution is 5.67. The molecule has 0 aliphatic carbocycles. The Morgan fingerprint density at radius 2 is 1.75 bits per heavy atom. The summed E-state index contributed by atoms with van der Waals surface area (Å²) in [5.41, 5.74) is -1.89. The number of rotatable bonds is 5. The first-order valence-electron chi connectivity index (χ1n) is 8.48. The summed E-state index contributed by atoms with van der Waals surface area (Å²) in [4.78, 5) is 25.5. The van der Waals surface area contributed by atoms with E-state index in [1.165, 1.54) is 12.1 Å². The van der Waals surface area contributed by atoms with E-state index in [4.69, 9.17) is 9.47 Å². The van der Waals surface area contributed by atoms with E-state index in [0.29, 0.717) is 13.0 Å². The third-order valence-corrected chi connectivity index (χ3v) is 3.45. The zero-order chi connectivity index (χ0) is 20.9. The molecule has 0 saturated heterocycles. The highest BCUT2D eigenvalue weighted by atomic mass is 19.4. The van der Waals surface area contributed by atoms with Crippen LogP contribution in [0.3, 0.4) is 0 Å². The number of aromatic amines is 1. The lowest BCUT2D eigenvalue weighted by atomic mass is 10.1. The van der Waals surface area contributed by atoms with Crippen LogP contribution in [0.5, 0.6) is 11.5 Å². The van der Waals surface area contributed by atoms with Gasteiger partial charge in [-0.3, -0.25) is 4.79 Å². The van der Waals surface area contributed by atoms with Gasteiger partial charge in [-0.25, -0.2) is 4.79 Å². The lowest BCUT2D eigenvalue weighted by molar-refractivity contribution is -0.138. The number of alkyl halides is 3. The second-order valence-corrected chi connectivity index (χ2v) is 6.97. The molecular formula is C19H21F3N2O4. The molecule has 2 aromatic rings. The van der Waals surface area contributed by atoms with Crippen molar-refractivity contribution in [1.82, 2.24) is 10.3 Å². The molecule has 1 aromatic carbocycles. The van der Waals surface area contributed by atoms with Gasteiger partial charge >= 0.3 is 12.3 Å². The molecule has 0 unspecified atom stereocenters. The van der Waals surface area contributed by atoms with Gasteiger partial charge in [0, 0.05) is 12.7 Å². The summed E-state index contributed by atoms with van der Waals surface area (Å²) in [6.07, 6.45) is -3.84. The molecule has 0 aliphatic rings. The molecule has 152 valence electrons. The number of ether oxygens (including phenoxy) is 2. The Morgan fingerprint density at radius 1 is 1.11 bits per heavy atom. The summed E-state index contributed by atoms with van der Waals surface area (Å²) in [5, 5.41) is 2.61. The molecule has 28 heavy (non-hydrogen) atoms. The number of pyridine rings is 1. The van der Waals surface area contributed by atoms with Gasteiger partial charge in [-0.15, -0.1) is 0 Å². The maximum Gasteiger partial charge on any atom is 0.420 e. The molecule has 1 aromatic heterocycles. The van der Waals surface area contributed by atoms with E-state index in [0.717, 1.165) is 17.8 Å². The van der Waals surface area contributed by atoms with E-state index < -0.39 is 34.7 Å². The molecule has 0 bridgehead atoms. The Kier molecular flexibility index (Phi) is 6.37. The van der Waals surface area contributed by atoms with Crippen LogP contribution >= 0.6 is 0 Å². The van der Waals surface area contributed by atoms with Crippen LogP contribution in [0, 0.1) is 0 Å². The average Bonchev–Trinajstić information content (AvgIpc) is 2.55. The number of carbonyl (C=O) groups is 1. The summed E-state index contributed by atoms with van der Waals surface area (Å²) in [6.45, 7) is 5.60. The maximum atomic E-state index is 13.0. The second-order valence-electron chi connectivity index (χ2n) is 6.97. The predicted molar refractivity (Wildman–Crippen MR) is 96.5 cm³/mol. The molecule has 0 radical (unpaired) electrons. The fourth-order valence-electron chi connectivity index (χ4n) is 2.25. The van der Waals surface area contributed by atoms with E-state index >= 15 is 0 Å². The van der Waals surface area contributed by atoms with Crippen LogP contribution in [0.4, 0.5) is 18.0 Å². The lowest BCUT2D eigenvalue weighted by Crippen LogP contribution is -2.33. The van der Waals surface area contributed by atoms with Gasteiger partial charge in [0.1, 0.15) is 16.9 Å². The molecule has 6 nitrogen and oxygen atoms in total. The number of amides is 1. The Bertz CT molecular complexity index is 868. The van der Waals surface area contributed by atoms with E-state index in [9.17, 15) is 22.8 Å². The fraction of sp³-hybridized carbons (Fsp3) is 0.368. The van der Waals surface area contributed by atoms with Crippen LogP contribution < -0.4 is 15.6 Å². The monoisotopic (exact) mass is 398 g/mol. The number of hydrogen-bond donors (Lipinski definition) is 2. The van der Waals surface area contributed by atoms with Crippen LogP contribution in [0.2, 0.25) is 0 Å². The molecule has 0 aliphatic heterocycles. The summed E-state index contributed by atoms with van der Waals surface area (Å²) >= 11 is 0. The van der Waals surface area contributed by atoms with Crippen molar-refractivity contribution in [2.24, 2.45) is 0 Å². The number of carbonyl (C=O) groups excluding carboxylic acids is 1. The van der Waals surface area contributed by atoms with E-state index in [1.54, 1.807) is 32.9 Å². The standard InChI is InChI=1S/C19H21F3N2O4/c1-18(2,3)28-17(26)24-10-8-12-4-6-13(7-5-12)27-15-14(19(20,21)22)9-11-23-16(15)25/h4-7,9,11H,8,10H2,1-3H3,(H,23,25)(H,24,26). The van der Waals surface area contributed by atoms with Gasteiger partial charge in [0.2, 0.25) is 5.75 Å². The summed E-state index contributed by atoms with van der Waals surface area (Å²) in [6, 6.07) is 6.92. The second kappa shape index (κ2) is 8.37.